The first kappa shape index (κ1) is 14.9. The quantitative estimate of drug-likeness (QED) is 0.673. The second-order valence-electron chi connectivity index (χ2n) is 3.91. The Morgan fingerprint density at radius 1 is 0.471 bits per heavy atom. The lowest BCUT2D eigenvalue weighted by molar-refractivity contribution is 0.0241. The minimum absolute atomic E-state index is 0.670. The normalized spacial score (nSPS) is 24.0. The van der Waals surface area contributed by atoms with Gasteiger partial charge in [0.2, 0.25) is 0 Å². The Morgan fingerprint density at radius 2 is 1.00 bits per heavy atom. The number of nitrogens with one attached hydrogen (secondary N) is 1. The van der Waals surface area contributed by atoms with Crippen molar-refractivity contribution in [1.29, 1.82) is 0 Å². The van der Waals surface area contributed by atoms with Gasteiger partial charge in [0.05, 0.1) is 33.0 Å². The molecule has 17 heavy (non-hydrogen) atoms. The third-order valence-corrected chi connectivity index (χ3v) is 2.39. The predicted molar refractivity (Wildman–Crippen MR) is 65.4 cm³/mol. The van der Waals surface area contributed by atoms with Crippen LogP contribution < -0.4 is 5.32 Å². The molecule has 0 aromatic rings. The summed E-state index contributed by atoms with van der Waals surface area (Å²) < 4.78 is 21.7. The average molecular weight is 247 g/mol. The van der Waals surface area contributed by atoms with E-state index < -0.39 is 0 Å². The largest absolute Gasteiger partial charge is 0.379 e. The molecule has 0 aliphatic carbocycles. The number of ether oxygens (including phenoxy) is 4. The Morgan fingerprint density at radius 3 is 1.65 bits per heavy atom. The van der Waals surface area contributed by atoms with Gasteiger partial charge in [0.1, 0.15) is 0 Å². The van der Waals surface area contributed by atoms with Gasteiger partial charge >= 0.3 is 0 Å². The van der Waals surface area contributed by atoms with Gasteiger partial charge in [-0.1, -0.05) is 0 Å². The molecular formula is C12H25NO4. The van der Waals surface area contributed by atoms with E-state index in [9.17, 15) is 0 Å². The lowest BCUT2D eigenvalue weighted by Crippen LogP contribution is -2.22. The minimum Gasteiger partial charge on any atom is -0.379 e. The van der Waals surface area contributed by atoms with Crippen molar-refractivity contribution < 1.29 is 18.9 Å². The highest BCUT2D eigenvalue weighted by Crippen LogP contribution is 1.88. The molecule has 0 aromatic carbocycles. The molecule has 1 aliphatic heterocycles. The van der Waals surface area contributed by atoms with Crippen LogP contribution in [0, 0.1) is 0 Å². The van der Waals surface area contributed by atoms with E-state index in [1.54, 1.807) is 0 Å². The molecule has 5 heteroatoms. The first-order chi connectivity index (χ1) is 8.50. The lowest BCUT2D eigenvalue weighted by Gasteiger charge is -2.06. The Kier molecular flexibility index (Phi) is 10.7. The third-order valence-electron chi connectivity index (χ3n) is 2.39. The van der Waals surface area contributed by atoms with Crippen LogP contribution in [0.2, 0.25) is 0 Å². The molecule has 0 bridgehead atoms. The Labute approximate surface area is 104 Å². The van der Waals surface area contributed by atoms with E-state index in [1.807, 2.05) is 0 Å². The minimum atomic E-state index is 0.670. The summed E-state index contributed by atoms with van der Waals surface area (Å²) in [5, 5.41) is 3.30. The summed E-state index contributed by atoms with van der Waals surface area (Å²) in [6, 6.07) is 0. The van der Waals surface area contributed by atoms with E-state index in [2.05, 4.69) is 5.32 Å². The SMILES string of the molecule is C1CNCCOCCOCCCOCCOC1. The zero-order valence-corrected chi connectivity index (χ0v) is 10.6. The van der Waals surface area contributed by atoms with Crippen molar-refractivity contribution in [1.82, 2.24) is 5.32 Å². The molecule has 0 aromatic heterocycles. The van der Waals surface area contributed by atoms with Gasteiger partial charge in [-0.3, -0.25) is 0 Å². The summed E-state index contributed by atoms with van der Waals surface area (Å²) in [7, 11) is 0. The molecule has 1 fully saturated rings. The van der Waals surface area contributed by atoms with Crippen LogP contribution in [0.5, 0.6) is 0 Å². The van der Waals surface area contributed by atoms with Crippen molar-refractivity contribution in [3.8, 4) is 0 Å². The highest BCUT2D eigenvalue weighted by atomic mass is 16.5. The topological polar surface area (TPSA) is 49.0 Å². The molecule has 1 saturated heterocycles. The van der Waals surface area contributed by atoms with Gasteiger partial charge in [0.25, 0.3) is 0 Å². The lowest BCUT2D eigenvalue weighted by atomic mass is 10.4. The zero-order chi connectivity index (χ0) is 12.0. The Balaban J connectivity index is 2.01. The van der Waals surface area contributed by atoms with Crippen molar-refractivity contribution >= 4 is 0 Å². The fourth-order valence-electron chi connectivity index (χ4n) is 1.48. The van der Waals surface area contributed by atoms with Gasteiger partial charge in [0, 0.05) is 26.4 Å². The van der Waals surface area contributed by atoms with Gasteiger partial charge in [-0.25, -0.2) is 0 Å². The van der Waals surface area contributed by atoms with Gasteiger partial charge in [-0.2, -0.15) is 0 Å². The molecule has 1 aliphatic rings. The van der Waals surface area contributed by atoms with Gasteiger partial charge in [-0.15, -0.1) is 0 Å². The van der Waals surface area contributed by atoms with E-state index in [0.29, 0.717) is 26.4 Å². The van der Waals surface area contributed by atoms with Crippen LogP contribution in [-0.2, 0) is 18.9 Å². The summed E-state index contributed by atoms with van der Waals surface area (Å²) in [6.45, 7) is 7.58. The number of hydrogen-bond acceptors (Lipinski definition) is 5. The van der Waals surface area contributed by atoms with Crippen LogP contribution in [0.3, 0.4) is 0 Å². The maximum Gasteiger partial charge on any atom is 0.0701 e. The fraction of sp³-hybridized carbons (Fsp3) is 1.00. The van der Waals surface area contributed by atoms with Crippen molar-refractivity contribution in [2.75, 3.05) is 65.9 Å². The van der Waals surface area contributed by atoms with Crippen LogP contribution in [0.1, 0.15) is 12.8 Å². The van der Waals surface area contributed by atoms with Crippen LogP contribution in [-0.4, -0.2) is 65.9 Å². The Bertz CT molecular complexity index is 88.0. The van der Waals surface area contributed by atoms with E-state index in [0.717, 1.165) is 52.4 Å². The third kappa shape index (κ3) is 10.7. The molecule has 0 radical (unpaired) electrons. The standard InChI is InChI=1S/C12H25NO4/c1-3-13-4-8-17-12-11-16-7-2-6-15-10-9-14-5-1/h13H,1-12H2. The van der Waals surface area contributed by atoms with Crippen molar-refractivity contribution in [2.24, 2.45) is 0 Å². The van der Waals surface area contributed by atoms with E-state index in [-0.39, 0.29) is 0 Å². The summed E-state index contributed by atoms with van der Waals surface area (Å²) >= 11 is 0. The molecular weight excluding hydrogens is 222 g/mol. The predicted octanol–water partition coefficient (Wildman–Crippen LogP) is 0.436. The van der Waals surface area contributed by atoms with Crippen LogP contribution in [0.4, 0.5) is 0 Å². The fourth-order valence-corrected chi connectivity index (χ4v) is 1.48. The van der Waals surface area contributed by atoms with E-state index in [4.69, 9.17) is 18.9 Å². The van der Waals surface area contributed by atoms with Gasteiger partial charge < -0.3 is 24.3 Å². The van der Waals surface area contributed by atoms with Gasteiger partial charge in [0.15, 0.2) is 0 Å². The van der Waals surface area contributed by atoms with Crippen molar-refractivity contribution in [3.63, 3.8) is 0 Å². The molecule has 1 N–H and O–H groups in total. The summed E-state index contributed by atoms with van der Waals surface area (Å²) in [5.41, 5.74) is 0. The van der Waals surface area contributed by atoms with Crippen molar-refractivity contribution in [2.45, 2.75) is 12.8 Å². The molecule has 0 saturated carbocycles. The molecule has 0 atom stereocenters. The van der Waals surface area contributed by atoms with Crippen molar-refractivity contribution in [3.05, 3.63) is 0 Å². The summed E-state index contributed by atoms with van der Waals surface area (Å²) in [4.78, 5) is 0. The molecule has 5 nitrogen and oxygen atoms in total. The monoisotopic (exact) mass is 247 g/mol. The van der Waals surface area contributed by atoms with Crippen LogP contribution >= 0.6 is 0 Å². The maximum atomic E-state index is 5.43. The molecule has 0 unspecified atom stereocenters. The smallest absolute Gasteiger partial charge is 0.0701 e. The molecule has 1 rings (SSSR count). The highest BCUT2D eigenvalue weighted by Gasteiger charge is 1.95. The Hall–Kier alpha value is -0.200. The second kappa shape index (κ2) is 12.3. The van der Waals surface area contributed by atoms with Crippen LogP contribution in [0.15, 0.2) is 0 Å². The van der Waals surface area contributed by atoms with E-state index >= 15 is 0 Å². The van der Waals surface area contributed by atoms with Gasteiger partial charge in [-0.05, 0) is 19.4 Å². The zero-order valence-electron chi connectivity index (χ0n) is 10.6. The average Bonchev–Trinajstić information content (AvgIpc) is 2.35. The first-order valence-corrected chi connectivity index (χ1v) is 6.52. The second-order valence-corrected chi connectivity index (χ2v) is 3.91. The first-order valence-electron chi connectivity index (χ1n) is 6.52. The maximum absolute atomic E-state index is 5.43. The molecule has 0 amide bonds. The van der Waals surface area contributed by atoms with Crippen LogP contribution in [0.25, 0.3) is 0 Å². The summed E-state index contributed by atoms with van der Waals surface area (Å²) in [6.07, 6.45) is 1.96. The van der Waals surface area contributed by atoms with E-state index in [1.165, 1.54) is 0 Å². The number of rotatable bonds is 0. The molecule has 0 spiro atoms. The molecule has 102 valence electrons. The number of hydrogen-bond donors (Lipinski definition) is 1. The summed E-state index contributed by atoms with van der Waals surface area (Å²) in [5.74, 6) is 0. The molecule has 1 heterocycles. The highest BCUT2D eigenvalue weighted by molar-refractivity contribution is 4.47.